The molecule has 0 unspecified atom stereocenters. The fourth-order valence-electron chi connectivity index (χ4n) is 4.80. The highest BCUT2D eigenvalue weighted by atomic mass is 35.5. The van der Waals surface area contributed by atoms with E-state index < -0.39 is 0 Å². The Morgan fingerprint density at radius 2 is 2.12 bits per heavy atom. The van der Waals surface area contributed by atoms with Crippen molar-refractivity contribution in [2.45, 2.75) is 25.2 Å². The number of hydrogen-bond donors (Lipinski definition) is 1. The van der Waals surface area contributed by atoms with Gasteiger partial charge in [0.15, 0.2) is 11.9 Å². The van der Waals surface area contributed by atoms with Gasteiger partial charge < -0.3 is 9.88 Å². The van der Waals surface area contributed by atoms with Crippen LogP contribution in [-0.4, -0.2) is 36.3 Å². The zero-order chi connectivity index (χ0) is 22.5. The molecule has 0 spiro atoms. The number of pyridine rings is 1. The lowest BCUT2D eigenvalue weighted by atomic mass is 9.58. The van der Waals surface area contributed by atoms with Gasteiger partial charge in [-0.2, -0.15) is 0 Å². The molecule has 0 atom stereocenters. The van der Waals surface area contributed by atoms with Crippen LogP contribution in [0.4, 0.5) is 5.69 Å². The minimum absolute atomic E-state index is 0.229. The van der Waals surface area contributed by atoms with Crippen molar-refractivity contribution in [3.05, 3.63) is 76.7 Å². The number of rotatable bonds is 5. The number of aromatic nitrogens is 5. The van der Waals surface area contributed by atoms with Crippen molar-refractivity contribution in [3.8, 4) is 0 Å². The number of nitrogens with one attached hydrogen (secondary N) is 1. The van der Waals surface area contributed by atoms with Gasteiger partial charge >= 0.3 is 0 Å². The number of fused-ring (bicyclic) bond motifs is 1. The largest absolute Gasteiger partial charge is 0.322 e. The molecule has 3 heterocycles. The molecule has 1 aromatic carbocycles. The molecule has 1 aliphatic rings. The molecule has 1 aliphatic carbocycles. The van der Waals surface area contributed by atoms with Crippen molar-refractivity contribution in [3.63, 3.8) is 0 Å². The van der Waals surface area contributed by atoms with E-state index in [0.29, 0.717) is 34.3 Å². The number of halogens is 1. The Kier molecular flexibility index (Phi) is 4.82. The van der Waals surface area contributed by atoms with Gasteiger partial charge in [-0.25, -0.2) is 4.98 Å². The molecular weight excluding hydrogens is 428 g/mol. The number of hydrogen-bond acceptors (Lipinski definition) is 5. The Morgan fingerprint density at radius 3 is 2.81 bits per heavy atom. The first-order valence-electron chi connectivity index (χ1n) is 10.3. The number of benzene rings is 1. The van der Waals surface area contributed by atoms with Crippen LogP contribution in [-0.2, 0) is 12.5 Å². The Morgan fingerprint density at radius 1 is 1.31 bits per heavy atom. The number of anilines is 1. The predicted molar refractivity (Wildman–Crippen MR) is 120 cm³/mol. The van der Waals surface area contributed by atoms with E-state index in [-0.39, 0.29) is 16.9 Å². The Bertz CT molecular complexity index is 1350. The number of nitrogens with zero attached hydrogens (tertiary/aromatic N) is 5. The van der Waals surface area contributed by atoms with E-state index >= 15 is 0 Å². The van der Waals surface area contributed by atoms with Crippen LogP contribution in [0.5, 0.6) is 0 Å². The molecule has 9 heteroatoms. The lowest BCUT2D eigenvalue weighted by Gasteiger charge is -2.46. The molecule has 162 valence electrons. The van der Waals surface area contributed by atoms with Gasteiger partial charge in [0, 0.05) is 24.5 Å². The van der Waals surface area contributed by atoms with Gasteiger partial charge in [0.05, 0.1) is 17.2 Å². The standard InChI is InChI=1S/C23H21ClN6O2/c1-14-8-23(9-14,22-28-26-13-29(22)2)16-4-3-5-17(7-16)27-21(32)18-6-15(12-31)11-30-19(24)10-25-20(18)30/h3-7,10-14H,8-9H2,1-2H3,(H,27,32). The van der Waals surface area contributed by atoms with Gasteiger partial charge in [0.25, 0.3) is 5.91 Å². The summed E-state index contributed by atoms with van der Waals surface area (Å²) in [6, 6.07) is 9.33. The van der Waals surface area contributed by atoms with Crippen molar-refractivity contribution in [1.82, 2.24) is 24.1 Å². The quantitative estimate of drug-likeness (QED) is 0.467. The highest BCUT2D eigenvalue weighted by Gasteiger charge is 2.48. The summed E-state index contributed by atoms with van der Waals surface area (Å²) in [7, 11) is 1.95. The van der Waals surface area contributed by atoms with Gasteiger partial charge in [-0.05, 0) is 42.5 Å². The third kappa shape index (κ3) is 3.18. The summed E-state index contributed by atoms with van der Waals surface area (Å²) in [6.45, 7) is 2.22. The first-order valence-corrected chi connectivity index (χ1v) is 10.7. The minimum atomic E-state index is -0.368. The fraction of sp³-hybridized carbons (Fsp3) is 0.261. The molecule has 1 N–H and O–H groups in total. The van der Waals surface area contributed by atoms with Gasteiger partial charge in [-0.1, -0.05) is 30.7 Å². The highest BCUT2D eigenvalue weighted by Crippen LogP contribution is 2.51. The molecule has 4 aromatic rings. The van der Waals surface area contributed by atoms with Crippen LogP contribution < -0.4 is 5.32 Å². The lowest BCUT2D eigenvalue weighted by Crippen LogP contribution is -2.43. The van der Waals surface area contributed by atoms with E-state index in [0.717, 1.165) is 24.2 Å². The number of carbonyl (C=O) groups excluding carboxylic acids is 2. The van der Waals surface area contributed by atoms with E-state index in [9.17, 15) is 9.59 Å². The Hall–Kier alpha value is -3.52. The first kappa shape index (κ1) is 20.4. The normalized spacial score (nSPS) is 20.2. The summed E-state index contributed by atoms with van der Waals surface area (Å²) in [5.74, 6) is 1.13. The van der Waals surface area contributed by atoms with Crippen LogP contribution in [0.15, 0.2) is 49.1 Å². The van der Waals surface area contributed by atoms with E-state index in [4.69, 9.17) is 11.6 Å². The zero-order valence-corrected chi connectivity index (χ0v) is 18.4. The van der Waals surface area contributed by atoms with Crippen LogP contribution in [0.1, 0.15) is 51.9 Å². The maximum Gasteiger partial charge on any atom is 0.259 e. The summed E-state index contributed by atoms with van der Waals surface area (Å²) in [5, 5.41) is 11.7. The van der Waals surface area contributed by atoms with Crippen LogP contribution in [0, 0.1) is 5.92 Å². The Balaban J connectivity index is 1.50. The maximum absolute atomic E-state index is 13.1. The van der Waals surface area contributed by atoms with Crippen molar-refractivity contribution < 1.29 is 9.59 Å². The molecule has 32 heavy (non-hydrogen) atoms. The maximum atomic E-state index is 13.1. The molecule has 0 bridgehead atoms. The van der Waals surface area contributed by atoms with Crippen LogP contribution in [0.25, 0.3) is 5.65 Å². The molecule has 5 rings (SSSR count). The van der Waals surface area contributed by atoms with E-state index in [1.807, 2.05) is 29.8 Å². The average molecular weight is 449 g/mol. The molecule has 0 saturated heterocycles. The smallest absolute Gasteiger partial charge is 0.259 e. The van der Waals surface area contributed by atoms with Gasteiger partial charge in [0.2, 0.25) is 0 Å². The van der Waals surface area contributed by atoms with Crippen molar-refractivity contribution in [2.75, 3.05) is 5.32 Å². The zero-order valence-electron chi connectivity index (χ0n) is 17.6. The second kappa shape index (κ2) is 7.56. The third-order valence-corrected chi connectivity index (χ3v) is 6.45. The summed E-state index contributed by atoms with van der Waals surface area (Å²) < 4.78 is 3.48. The number of aryl methyl sites for hydroxylation is 1. The predicted octanol–water partition coefficient (Wildman–Crippen LogP) is 3.90. The molecule has 1 saturated carbocycles. The van der Waals surface area contributed by atoms with Crippen LogP contribution in [0.2, 0.25) is 5.15 Å². The summed E-state index contributed by atoms with van der Waals surface area (Å²) in [5.41, 5.74) is 2.50. The number of carbonyl (C=O) groups is 2. The molecule has 0 radical (unpaired) electrons. The number of imidazole rings is 1. The lowest BCUT2D eigenvalue weighted by molar-refractivity contribution is 0.102. The average Bonchev–Trinajstić information content (AvgIpc) is 3.36. The van der Waals surface area contributed by atoms with Gasteiger partial charge in [-0.3, -0.25) is 14.0 Å². The molecule has 1 amide bonds. The second-order valence-corrected chi connectivity index (χ2v) is 8.86. The van der Waals surface area contributed by atoms with E-state index in [1.165, 1.54) is 16.7 Å². The number of aldehydes is 1. The molecule has 0 aliphatic heterocycles. The third-order valence-electron chi connectivity index (χ3n) is 6.17. The molecule has 1 fully saturated rings. The molecular formula is C23H21ClN6O2. The fourth-order valence-corrected chi connectivity index (χ4v) is 4.98. The first-order chi connectivity index (χ1) is 15.4. The SMILES string of the molecule is CC1CC(c2cccc(NC(=O)c3cc(C=O)cn4c(Cl)cnc34)c2)(c2nncn2C)C1. The van der Waals surface area contributed by atoms with E-state index in [1.54, 1.807) is 12.5 Å². The Labute approximate surface area is 189 Å². The summed E-state index contributed by atoms with van der Waals surface area (Å²) in [4.78, 5) is 28.7. The highest BCUT2D eigenvalue weighted by molar-refractivity contribution is 6.30. The van der Waals surface area contributed by atoms with Crippen molar-refractivity contribution in [1.29, 1.82) is 0 Å². The number of amides is 1. The van der Waals surface area contributed by atoms with Crippen molar-refractivity contribution >= 4 is 35.1 Å². The van der Waals surface area contributed by atoms with Crippen molar-refractivity contribution in [2.24, 2.45) is 13.0 Å². The molecule has 8 nitrogen and oxygen atoms in total. The summed E-state index contributed by atoms with van der Waals surface area (Å²) in [6.07, 6.45) is 7.32. The molecule has 3 aromatic heterocycles. The van der Waals surface area contributed by atoms with Crippen LogP contribution >= 0.6 is 11.6 Å². The van der Waals surface area contributed by atoms with Gasteiger partial charge in [-0.15, -0.1) is 10.2 Å². The topological polar surface area (TPSA) is 94.2 Å². The van der Waals surface area contributed by atoms with E-state index in [2.05, 4.69) is 33.5 Å². The van der Waals surface area contributed by atoms with Gasteiger partial charge in [0.1, 0.15) is 17.3 Å². The van der Waals surface area contributed by atoms with Crippen LogP contribution in [0.3, 0.4) is 0 Å². The second-order valence-electron chi connectivity index (χ2n) is 8.48. The summed E-state index contributed by atoms with van der Waals surface area (Å²) >= 11 is 6.14. The minimum Gasteiger partial charge on any atom is -0.322 e. The monoisotopic (exact) mass is 448 g/mol.